The van der Waals surface area contributed by atoms with Crippen molar-refractivity contribution in [2.75, 3.05) is 6.54 Å². The van der Waals surface area contributed by atoms with Gasteiger partial charge in [0, 0.05) is 25.5 Å². The maximum absolute atomic E-state index is 12.0. The Kier molecular flexibility index (Phi) is 4.40. The normalized spacial score (nSPS) is 12.1. The van der Waals surface area contributed by atoms with Crippen LogP contribution in [0.15, 0.2) is 36.9 Å². The standard InChI is InChI=1S/C15H19N3O2/c1-11-3-4-14(19)13(7-11)15(20)17-8-12(2)9-18-6-5-16-10-18/h3-7,10,12,19H,8-9H2,1-2H3,(H,17,20)/t12-/m1/s1. The second-order valence-electron chi connectivity index (χ2n) is 5.10. The third-order valence-electron chi connectivity index (χ3n) is 3.09. The van der Waals surface area contributed by atoms with Crippen molar-refractivity contribution in [2.24, 2.45) is 5.92 Å². The highest BCUT2D eigenvalue weighted by atomic mass is 16.3. The van der Waals surface area contributed by atoms with E-state index in [0.29, 0.717) is 12.1 Å². The number of imidazole rings is 1. The first-order valence-electron chi connectivity index (χ1n) is 6.60. The fourth-order valence-electron chi connectivity index (χ4n) is 2.01. The van der Waals surface area contributed by atoms with Gasteiger partial charge in [-0.25, -0.2) is 4.98 Å². The fraction of sp³-hybridized carbons (Fsp3) is 0.333. The Balaban J connectivity index is 1.90. The molecule has 0 saturated heterocycles. The SMILES string of the molecule is Cc1ccc(O)c(C(=O)NC[C@@H](C)Cn2ccnc2)c1. The lowest BCUT2D eigenvalue weighted by molar-refractivity contribution is 0.0944. The van der Waals surface area contributed by atoms with E-state index in [2.05, 4.69) is 17.2 Å². The first-order chi connectivity index (χ1) is 9.56. The van der Waals surface area contributed by atoms with Crippen LogP contribution in [0, 0.1) is 12.8 Å². The Morgan fingerprint density at radius 3 is 3.00 bits per heavy atom. The first kappa shape index (κ1) is 14.1. The van der Waals surface area contributed by atoms with E-state index in [1.807, 2.05) is 17.7 Å². The van der Waals surface area contributed by atoms with Crippen molar-refractivity contribution in [2.45, 2.75) is 20.4 Å². The summed E-state index contributed by atoms with van der Waals surface area (Å²) in [7, 11) is 0. The minimum Gasteiger partial charge on any atom is -0.507 e. The summed E-state index contributed by atoms with van der Waals surface area (Å²) < 4.78 is 1.97. The average Bonchev–Trinajstić information content (AvgIpc) is 2.91. The summed E-state index contributed by atoms with van der Waals surface area (Å²) in [5.41, 5.74) is 1.26. The van der Waals surface area contributed by atoms with Crippen LogP contribution in [0.5, 0.6) is 5.75 Å². The molecule has 0 aliphatic carbocycles. The van der Waals surface area contributed by atoms with Gasteiger partial charge in [-0.05, 0) is 25.0 Å². The highest BCUT2D eigenvalue weighted by Crippen LogP contribution is 2.17. The number of nitrogens with one attached hydrogen (secondary N) is 1. The van der Waals surface area contributed by atoms with Gasteiger partial charge in [0.15, 0.2) is 0 Å². The van der Waals surface area contributed by atoms with E-state index >= 15 is 0 Å². The highest BCUT2D eigenvalue weighted by molar-refractivity contribution is 5.96. The van der Waals surface area contributed by atoms with Gasteiger partial charge in [0.25, 0.3) is 5.91 Å². The smallest absolute Gasteiger partial charge is 0.255 e. The zero-order valence-electron chi connectivity index (χ0n) is 11.7. The molecule has 1 aromatic carbocycles. The second-order valence-corrected chi connectivity index (χ2v) is 5.10. The third-order valence-corrected chi connectivity index (χ3v) is 3.09. The van der Waals surface area contributed by atoms with Crippen LogP contribution in [-0.2, 0) is 6.54 Å². The number of phenols is 1. The minimum atomic E-state index is -0.247. The molecule has 1 atom stereocenters. The van der Waals surface area contributed by atoms with Gasteiger partial charge in [0.2, 0.25) is 0 Å². The summed E-state index contributed by atoms with van der Waals surface area (Å²) in [4.78, 5) is 16.0. The zero-order valence-corrected chi connectivity index (χ0v) is 11.7. The number of amides is 1. The van der Waals surface area contributed by atoms with Crippen LogP contribution in [0.4, 0.5) is 0 Å². The van der Waals surface area contributed by atoms with Crippen molar-refractivity contribution in [1.82, 2.24) is 14.9 Å². The number of hydrogen-bond donors (Lipinski definition) is 2. The molecule has 2 rings (SSSR count). The van der Waals surface area contributed by atoms with Crippen molar-refractivity contribution in [3.05, 3.63) is 48.0 Å². The molecule has 1 amide bonds. The van der Waals surface area contributed by atoms with E-state index in [1.54, 1.807) is 30.7 Å². The van der Waals surface area contributed by atoms with Crippen LogP contribution >= 0.6 is 0 Å². The molecule has 20 heavy (non-hydrogen) atoms. The van der Waals surface area contributed by atoms with Gasteiger partial charge in [0.1, 0.15) is 5.75 Å². The molecule has 5 heteroatoms. The Bertz CT molecular complexity index is 579. The Morgan fingerprint density at radius 1 is 1.50 bits per heavy atom. The highest BCUT2D eigenvalue weighted by Gasteiger charge is 2.12. The van der Waals surface area contributed by atoms with E-state index in [-0.39, 0.29) is 17.6 Å². The number of carbonyl (C=O) groups is 1. The van der Waals surface area contributed by atoms with Crippen molar-refractivity contribution < 1.29 is 9.90 Å². The quantitative estimate of drug-likeness (QED) is 0.875. The van der Waals surface area contributed by atoms with E-state index in [4.69, 9.17) is 0 Å². The molecule has 1 heterocycles. The lowest BCUT2D eigenvalue weighted by atomic mass is 10.1. The number of nitrogens with zero attached hydrogens (tertiary/aromatic N) is 2. The van der Waals surface area contributed by atoms with Gasteiger partial charge >= 0.3 is 0 Å². The zero-order chi connectivity index (χ0) is 14.5. The second kappa shape index (κ2) is 6.23. The third kappa shape index (κ3) is 3.60. The molecule has 0 aliphatic heterocycles. The molecule has 0 unspecified atom stereocenters. The van der Waals surface area contributed by atoms with Crippen LogP contribution in [-0.4, -0.2) is 27.1 Å². The van der Waals surface area contributed by atoms with Crippen LogP contribution in [0.25, 0.3) is 0 Å². The molecule has 2 aromatic rings. The summed E-state index contributed by atoms with van der Waals surface area (Å²) in [5, 5.41) is 12.6. The first-order valence-corrected chi connectivity index (χ1v) is 6.60. The predicted octanol–water partition coefficient (Wildman–Crippen LogP) is 1.96. The van der Waals surface area contributed by atoms with Crippen LogP contribution in [0.1, 0.15) is 22.8 Å². The van der Waals surface area contributed by atoms with Gasteiger partial charge in [-0.2, -0.15) is 0 Å². The number of aryl methyl sites for hydroxylation is 1. The molecule has 0 spiro atoms. The van der Waals surface area contributed by atoms with Crippen LogP contribution < -0.4 is 5.32 Å². The van der Waals surface area contributed by atoms with E-state index in [9.17, 15) is 9.90 Å². The summed E-state index contributed by atoms with van der Waals surface area (Å²) in [6, 6.07) is 5.00. The number of rotatable bonds is 5. The van der Waals surface area contributed by atoms with Crippen molar-refractivity contribution in [3.8, 4) is 5.75 Å². The van der Waals surface area contributed by atoms with Gasteiger partial charge in [-0.15, -0.1) is 0 Å². The van der Waals surface area contributed by atoms with E-state index in [0.717, 1.165) is 12.1 Å². The molecular formula is C15H19N3O2. The summed E-state index contributed by atoms with van der Waals surface area (Å²) in [6.45, 7) is 5.28. The molecule has 0 aliphatic rings. The van der Waals surface area contributed by atoms with Gasteiger partial charge in [-0.3, -0.25) is 4.79 Å². The average molecular weight is 273 g/mol. The minimum absolute atomic E-state index is 0.00960. The molecule has 2 N–H and O–H groups in total. The topological polar surface area (TPSA) is 67.2 Å². The Labute approximate surface area is 118 Å². The summed E-state index contributed by atoms with van der Waals surface area (Å²) in [6.07, 6.45) is 5.38. The van der Waals surface area contributed by atoms with Crippen LogP contribution in [0.2, 0.25) is 0 Å². The van der Waals surface area contributed by atoms with Gasteiger partial charge < -0.3 is 15.0 Å². The van der Waals surface area contributed by atoms with E-state index in [1.165, 1.54) is 0 Å². The number of aromatic nitrogens is 2. The molecular weight excluding hydrogens is 254 g/mol. The van der Waals surface area contributed by atoms with Crippen molar-refractivity contribution in [1.29, 1.82) is 0 Å². The van der Waals surface area contributed by atoms with Gasteiger partial charge in [-0.1, -0.05) is 18.6 Å². The lowest BCUT2D eigenvalue weighted by Gasteiger charge is -2.14. The molecule has 5 nitrogen and oxygen atoms in total. The molecule has 0 bridgehead atoms. The molecule has 0 fully saturated rings. The number of phenolic OH excluding ortho intramolecular Hbond substituents is 1. The summed E-state index contributed by atoms with van der Waals surface area (Å²) in [5.74, 6) is 0.0409. The number of hydrogen-bond acceptors (Lipinski definition) is 3. The summed E-state index contributed by atoms with van der Waals surface area (Å²) >= 11 is 0. The molecule has 1 aromatic heterocycles. The fourth-order valence-corrected chi connectivity index (χ4v) is 2.01. The largest absolute Gasteiger partial charge is 0.507 e. The Hall–Kier alpha value is -2.30. The number of carbonyl (C=O) groups excluding carboxylic acids is 1. The maximum atomic E-state index is 12.0. The predicted molar refractivity (Wildman–Crippen MR) is 76.6 cm³/mol. The van der Waals surface area contributed by atoms with Gasteiger partial charge in [0.05, 0.1) is 11.9 Å². The molecule has 106 valence electrons. The number of benzene rings is 1. The molecule has 0 saturated carbocycles. The van der Waals surface area contributed by atoms with Crippen LogP contribution in [0.3, 0.4) is 0 Å². The number of aromatic hydroxyl groups is 1. The maximum Gasteiger partial charge on any atom is 0.255 e. The monoisotopic (exact) mass is 273 g/mol. The van der Waals surface area contributed by atoms with Crippen molar-refractivity contribution in [3.63, 3.8) is 0 Å². The molecule has 0 radical (unpaired) electrons. The Morgan fingerprint density at radius 2 is 2.30 bits per heavy atom. The van der Waals surface area contributed by atoms with Crippen molar-refractivity contribution >= 4 is 5.91 Å². The lowest BCUT2D eigenvalue weighted by Crippen LogP contribution is -2.30. The van der Waals surface area contributed by atoms with E-state index < -0.39 is 0 Å².